The van der Waals surface area contributed by atoms with Gasteiger partial charge in [-0.05, 0) is 40.5 Å². The summed E-state index contributed by atoms with van der Waals surface area (Å²) < 4.78 is 31.5. The zero-order valence-electron chi connectivity index (χ0n) is 16.3. The van der Waals surface area contributed by atoms with Crippen molar-refractivity contribution in [2.75, 3.05) is 12.9 Å². The lowest BCUT2D eigenvalue weighted by molar-refractivity contribution is -0.119. The monoisotopic (exact) mass is 441 g/mol. The summed E-state index contributed by atoms with van der Waals surface area (Å²) in [6.07, 6.45) is 0.108. The Morgan fingerprint density at radius 1 is 0.967 bits per heavy atom. The van der Waals surface area contributed by atoms with Crippen LogP contribution in [-0.2, 0) is 14.8 Å². The fourth-order valence-electron chi connectivity index (χ4n) is 3.79. The molecular formula is C23H20ClNO4S. The van der Waals surface area contributed by atoms with E-state index in [1.54, 1.807) is 7.11 Å². The topological polar surface area (TPSA) is 72.5 Å². The van der Waals surface area contributed by atoms with E-state index in [-0.39, 0.29) is 12.2 Å². The molecule has 3 aromatic carbocycles. The molecule has 1 atom stereocenters. The molecule has 0 aliphatic carbocycles. The van der Waals surface area contributed by atoms with E-state index in [1.165, 1.54) is 0 Å². The normalized spacial score (nSPS) is 17.9. The van der Waals surface area contributed by atoms with Crippen LogP contribution in [0.4, 0.5) is 0 Å². The van der Waals surface area contributed by atoms with Crippen LogP contribution in [0.25, 0.3) is 22.3 Å². The van der Waals surface area contributed by atoms with Gasteiger partial charge in [0.05, 0.1) is 12.9 Å². The molecule has 3 aromatic rings. The van der Waals surface area contributed by atoms with E-state index in [1.807, 2.05) is 71.5 Å². The van der Waals surface area contributed by atoms with Gasteiger partial charge in [-0.1, -0.05) is 60.1 Å². The van der Waals surface area contributed by atoms with E-state index >= 15 is 0 Å². The van der Waals surface area contributed by atoms with Gasteiger partial charge in [0.15, 0.2) is 0 Å². The molecule has 0 saturated carbocycles. The summed E-state index contributed by atoms with van der Waals surface area (Å²) in [5, 5.41) is 0.680. The fourth-order valence-corrected chi connectivity index (χ4v) is 5.38. The molecule has 0 spiro atoms. The van der Waals surface area contributed by atoms with Crippen LogP contribution < -0.4 is 9.46 Å². The molecule has 154 valence electrons. The zero-order chi connectivity index (χ0) is 21.3. The molecule has 1 heterocycles. The van der Waals surface area contributed by atoms with Gasteiger partial charge in [-0.3, -0.25) is 9.52 Å². The number of carbonyl (C=O) groups excluding carboxylic acids is 1. The predicted molar refractivity (Wildman–Crippen MR) is 118 cm³/mol. The third-order valence-corrected chi connectivity index (χ3v) is 6.89. The van der Waals surface area contributed by atoms with Crippen molar-refractivity contribution in [1.29, 1.82) is 0 Å². The highest BCUT2D eigenvalue weighted by atomic mass is 35.5. The lowest BCUT2D eigenvalue weighted by atomic mass is 9.92. The van der Waals surface area contributed by atoms with Gasteiger partial charge in [-0.2, -0.15) is 0 Å². The van der Waals surface area contributed by atoms with E-state index in [4.69, 9.17) is 16.3 Å². The van der Waals surface area contributed by atoms with Crippen LogP contribution in [-0.4, -0.2) is 27.2 Å². The number of amides is 1. The molecule has 7 heteroatoms. The summed E-state index contributed by atoms with van der Waals surface area (Å²) in [6, 6.07) is 21.3. The Morgan fingerprint density at radius 2 is 1.70 bits per heavy atom. The quantitative estimate of drug-likeness (QED) is 0.641. The smallest absolute Gasteiger partial charge is 0.235 e. The molecule has 0 bridgehead atoms. The Balaban J connectivity index is 1.71. The standard InChI is InChI=1S/C23H20ClNO4S/c1-29-22-12-16(9-10-20(22)18-13-23(26)25-30(27,28)14-18)15-5-4-6-17(11-15)19-7-2-3-8-21(19)24/h2-12,18H,13-14H2,1H3,(H,25,26). The van der Waals surface area contributed by atoms with Gasteiger partial charge in [0.2, 0.25) is 15.9 Å². The first-order valence-corrected chi connectivity index (χ1v) is 11.5. The number of hydrogen-bond acceptors (Lipinski definition) is 4. The van der Waals surface area contributed by atoms with E-state index in [0.29, 0.717) is 16.3 Å². The van der Waals surface area contributed by atoms with Gasteiger partial charge in [0, 0.05) is 22.9 Å². The van der Waals surface area contributed by atoms with Crippen LogP contribution in [0, 0.1) is 0 Å². The number of sulfonamides is 1. The second kappa shape index (κ2) is 8.13. The summed E-state index contributed by atoms with van der Waals surface area (Å²) in [6.45, 7) is 0. The summed E-state index contributed by atoms with van der Waals surface area (Å²) in [4.78, 5) is 11.8. The Hall–Kier alpha value is -2.83. The summed E-state index contributed by atoms with van der Waals surface area (Å²) in [7, 11) is -2.08. The molecule has 1 N–H and O–H groups in total. The Bertz CT molecular complexity index is 1220. The number of carbonyl (C=O) groups is 1. The summed E-state index contributed by atoms with van der Waals surface area (Å²) in [5.74, 6) is -0.520. The Morgan fingerprint density at radius 3 is 2.43 bits per heavy atom. The number of nitrogens with one attached hydrogen (secondary N) is 1. The number of hydrogen-bond donors (Lipinski definition) is 1. The zero-order valence-corrected chi connectivity index (χ0v) is 17.8. The average molecular weight is 442 g/mol. The van der Waals surface area contributed by atoms with Crippen LogP contribution in [0.2, 0.25) is 5.02 Å². The number of methoxy groups -OCH3 is 1. The largest absolute Gasteiger partial charge is 0.496 e. The molecule has 1 saturated heterocycles. The highest BCUT2D eigenvalue weighted by molar-refractivity contribution is 7.90. The molecule has 30 heavy (non-hydrogen) atoms. The van der Waals surface area contributed by atoms with Gasteiger partial charge in [-0.25, -0.2) is 8.42 Å². The van der Waals surface area contributed by atoms with Crippen molar-refractivity contribution in [3.8, 4) is 28.0 Å². The van der Waals surface area contributed by atoms with Crippen molar-refractivity contribution >= 4 is 27.5 Å². The molecule has 5 nitrogen and oxygen atoms in total. The van der Waals surface area contributed by atoms with Gasteiger partial charge in [-0.15, -0.1) is 0 Å². The van der Waals surface area contributed by atoms with Crippen molar-refractivity contribution in [3.63, 3.8) is 0 Å². The van der Waals surface area contributed by atoms with Crippen molar-refractivity contribution in [2.24, 2.45) is 0 Å². The number of ether oxygens (including phenoxy) is 1. The second-order valence-electron chi connectivity index (χ2n) is 7.23. The molecule has 1 aliphatic heterocycles. The molecule has 4 rings (SSSR count). The number of benzene rings is 3. The van der Waals surface area contributed by atoms with E-state index in [0.717, 1.165) is 22.3 Å². The summed E-state index contributed by atoms with van der Waals surface area (Å²) in [5.41, 5.74) is 4.56. The second-order valence-corrected chi connectivity index (χ2v) is 9.40. The fraction of sp³-hybridized carbons (Fsp3) is 0.174. The molecule has 1 fully saturated rings. The molecule has 1 unspecified atom stereocenters. The van der Waals surface area contributed by atoms with Gasteiger partial charge in [0.25, 0.3) is 0 Å². The number of halogens is 1. The van der Waals surface area contributed by atoms with Crippen LogP contribution >= 0.6 is 11.6 Å². The molecule has 0 radical (unpaired) electrons. The van der Waals surface area contributed by atoms with Crippen LogP contribution in [0.15, 0.2) is 66.7 Å². The van der Waals surface area contributed by atoms with E-state index in [9.17, 15) is 13.2 Å². The lowest BCUT2D eigenvalue weighted by Crippen LogP contribution is -2.40. The Kier molecular flexibility index (Phi) is 5.54. The molecule has 1 amide bonds. The van der Waals surface area contributed by atoms with Crippen molar-refractivity contribution in [2.45, 2.75) is 12.3 Å². The van der Waals surface area contributed by atoms with E-state index < -0.39 is 21.8 Å². The third-order valence-electron chi connectivity index (χ3n) is 5.18. The maximum atomic E-state index is 11.9. The average Bonchev–Trinajstić information content (AvgIpc) is 2.72. The minimum Gasteiger partial charge on any atom is -0.496 e. The SMILES string of the molecule is COc1cc(-c2cccc(-c3ccccc3Cl)c2)ccc1C1CC(=O)NS(=O)(=O)C1. The summed E-state index contributed by atoms with van der Waals surface area (Å²) >= 11 is 6.34. The minimum absolute atomic E-state index is 0.108. The predicted octanol–water partition coefficient (Wildman–Crippen LogP) is 4.62. The van der Waals surface area contributed by atoms with Crippen LogP contribution in [0.5, 0.6) is 5.75 Å². The maximum absolute atomic E-state index is 11.9. The van der Waals surface area contributed by atoms with Crippen LogP contribution in [0.3, 0.4) is 0 Å². The van der Waals surface area contributed by atoms with Crippen molar-refractivity contribution in [1.82, 2.24) is 4.72 Å². The minimum atomic E-state index is -3.62. The van der Waals surface area contributed by atoms with Crippen molar-refractivity contribution < 1.29 is 17.9 Å². The van der Waals surface area contributed by atoms with E-state index in [2.05, 4.69) is 0 Å². The van der Waals surface area contributed by atoms with Crippen molar-refractivity contribution in [3.05, 3.63) is 77.3 Å². The molecular weight excluding hydrogens is 422 g/mol. The van der Waals surface area contributed by atoms with Crippen LogP contribution in [0.1, 0.15) is 17.9 Å². The first-order valence-electron chi connectivity index (χ1n) is 9.43. The first kappa shape index (κ1) is 20.4. The molecule has 0 aromatic heterocycles. The lowest BCUT2D eigenvalue weighted by Gasteiger charge is -2.24. The van der Waals surface area contributed by atoms with Gasteiger partial charge >= 0.3 is 0 Å². The Labute approximate surface area is 180 Å². The molecule has 1 aliphatic rings. The maximum Gasteiger partial charge on any atom is 0.235 e. The van der Waals surface area contributed by atoms with Gasteiger partial charge < -0.3 is 4.74 Å². The highest BCUT2D eigenvalue weighted by Gasteiger charge is 2.32. The first-order chi connectivity index (χ1) is 14.4. The number of rotatable bonds is 4. The van der Waals surface area contributed by atoms with Gasteiger partial charge in [0.1, 0.15) is 5.75 Å². The third kappa shape index (κ3) is 4.20. The highest BCUT2D eigenvalue weighted by Crippen LogP contribution is 2.37.